The minimum atomic E-state index is -0.648. The fourth-order valence-electron chi connectivity index (χ4n) is 1.84. The molecule has 0 aliphatic carbocycles. The van der Waals surface area contributed by atoms with Gasteiger partial charge in [0.2, 0.25) is 11.8 Å². The third kappa shape index (κ3) is 5.36. The van der Waals surface area contributed by atoms with Crippen molar-refractivity contribution in [1.29, 1.82) is 0 Å². The van der Waals surface area contributed by atoms with Gasteiger partial charge < -0.3 is 10.1 Å². The Labute approximate surface area is 145 Å². The Kier molecular flexibility index (Phi) is 5.92. The van der Waals surface area contributed by atoms with Crippen molar-refractivity contribution in [1.82, 2.24) is 30.4 Å². The number of aryl methyl sites for hydroxylation is 2. The van der Waals surface area contributed by atoms with Crippen LogP contribution in [0.15, 0.2) is 24.7 Å². The minimum Gasteiger partial charge on any atom is -0.358 e. The molecule has 2 rings (SSSR count). The first-order chi connectivity index (χ1) is 12.3. The highest BCUT2D eigenvalue weighted by atomic mass is 16.6. The van der Waals surface area contributed by atoms with Gasteiger partial charge in [-0.15, -0.1) is 0 Å². The fraction of sp³-hybridized carbons (Fsp3) is 0.333. The monoisotopic (exact) mass is 366 g/mol. The lowest BCUT2D eigenvalue weighted by atomic mass is 10.4. The van der Waals surface area contributed by atoms with Crippen LogP contribution < -0.4 is 10.9 Å². The first kappa shape index (κ1) is 18.5. The number of amides is 2. The smallest absolute Gasteiger partial charge is 0.358 e. The Morgan fingerprint density at radius 2 is 1.65 bits per heavy atom. The average molecular weight is 366 g/mol. The number of nitro groups is 2. The molecule has 2 N–H and O–H groups in total. The predicted octanol–water partition coefficient (Wildman–Crippen LogP) is -0.476. The van der Waals surface area contributed by atoms with Crippen LogP contribution in [0.1, 0.15) is 12.8 Å². The van der Waals surface area contributed by atoms with Crippen molar-refractivity contribution in [3.8, 4) is 0 Å². The first-order valence-electron chi connectivity index (χ1n) is 7.27. The Hall–Kier alpha value is -3.84. The van der Waals surface area contributed by atoms with Crippen molar-refractivity contribution in [3.05, 3.63) is 44.9 Å². The van der Waals surface area contributed by atoms with Gasteiger partial charge in [0.05, 0.1) is 35.4 Å². The maximum absolute atomic E-state index is 11.6. The molecule has 0 aliphatic heterocycles. The van der Waals surface area contributed by atoms with E-state index < -0.39 is 21.7 Å². The van der Waals surface area contributed by atoms with Crippen LogP contribution >= 0.6 is 0 Å². The van der Waals surface area contributed by atoms with Gasteiger partial charge in [0.25, 0.3) is 0 Å². The van der Waals surface area contributed by atoms with Gasteiger partial charge in [-0.05, 0) is 4.92 Å². The Balaban J connectivity index is 1.66. The lowest BCUT2D eigenvalue weighted by Crippen LogP contribution is -2.42. The summed E-state index contributed by atoms with van der Waals surface area (Å²) >= 11 is 0. The zero-order chi connectivity index (χ0) is 19.1. The van der Waals surface area contributed by atoms with Crippen LogP contribution in [0.2, 0.25) is 0 Å². The number of hydrogen-bond acceptors (Lipinski definition) is 8. The molecule has 2 aromatic rings. The highest BCUT2D eigenvalue weighted by Crippen LogP contribution is 2.08. The molecule has 0 bridgehead atoms. The average Bonchev–Trinajstić information content (AvgIpc) is 3.25. The van der Waals surface area contributed by atoms with E-state index in [4.69, 9.17) is 0 Å². The second-order valence-electron chi connectivity index (χ2n) is 5.01. The van der Waals surface area contributed by atoms with Crippen LogP contribution in [-0.2, 0) is 22.7 Å². The van der Waals surface area contributed by atoms with E-state index in [0.717, 1.165) is 6.20 Å². The first-order valence-corrected chi connectivity index (χ1v) is 7.27. The lowest BCUT2D eigenvalue weighted by molar-refractivity contribution is -0.389. The van der Waals surface area contributed by atoms with E-state index in [1.807, 2.05) is 0 Å². The largest absolute Gasteiger partial charge is 0.389 e. The molecule has 2 aromatic heterocycles. The second kappa shape index (κ2) is 8.32. The number of carbonyl (C=O) groups excluding carboxylic acids is 2. The van der Waals surface area contributed by atoms with E-state index in [-0.39, 0.29) is 37.4 Å². The van der Waals surface area contributed by atoms with E-state index in [0.29, 0.717) is 0 Å². The van der Waals surface area contributed by atoms with Gasteiger partial charge in [-0.3, -0.25) is 35.2 Å². The van der Waals surface area contributed by atoms with E-state index in [2.05, 4.69) is 21.0 Å². The number of nitrogens with zero attached hydrogens (tertiary/aromatic N) is 6. The van der Waals surface area contributed by atoms with Gasteiger partial charge in [0.15, 0.2) is 0 Å². The molecule has 0 spiro atoms. The standard InChI is InChI=1S/C12H14N8O6/c21-11(2-5-17-4-1-10(16-17)20(25)26)14-15-12(22)3-6-18-8-9(7-13-18)19(23)24/h1,4,7-8H,2-3,5-6H2,(H,14,21)(H,15,22). The van der Waals surface area contributed by atoms with Gasteiger partial charge in [-0.1, -0.05) is 0 Å². The quantitative estimate of drug-likeness (QED) is 0.464. The van der Waals surface area contributed by atoms with Gasteiger partial charge in [-0.25, -0.2) is 0 Å². The highest BCUT2D eigenvalue weighted by Gasteiger charge is 2.13. The highest BCUT2D eigenvalue weighted by molar-refractivity contribution is 5.81. The van der Waals surface area contributed by atoms with Gasteiger partial charge >= 0.3 is 11.5 Å². The van der Waals surface area contributed by atoms with Crippen molar-refractivity contribution in [3.63, 3.8) is 0 Å². The minimum absolute atomic E-state index is 0.0511. The summed E-state index contributed by atoms with van der Waals surface area (Å²) < 4.78 is 2.48. The third-order valence-corrected chi connectivity index (χ3v) is 3.12. The molecule has 14 heteroatoms. The van der Waals surface area contributed by atoms with Crippen molar-refractivity contribution in [2.75, 3.05) is 0 Å². The fourth-order valence-corrected chi connectivity index (χ4v) is 1.84. The summed E-state index contributed by atoms with van der Waals surface area (Å²) in [6, 6.07) is 1.21. The lowest BCUT2D eigenvalue weighted by Gasteiger charge is -2.06. The van der Waals surface area contributed by atoms with Crippen molar-refractivity contribution < 1.29 is 19.4 Å². The van der Waals surface area contributed by atoms with Crippen LogP contribution in [0.5, 0.6) is 0 Å². The van der Waals surface area contributed by atoms with Crippen LogP contribution in [0.25, 0.3) is 0 Å². The molecule has 0 atom stereocenters. The summed E-state index contributed by atoms with van der Waals surface area (Å²) in [6.07, 6.45) is 3.52. The van der Waals surface area contributed by atoms with Crippen LogP contribution in [0, 0.1) is 20.2 Å². The molecule has 138 valence electrons. The van der Waals surface area contributed by atoms with Crippen molar-refractivity contribution in [2.24, 2.45) is 0 Å². The van der Waals surface area contributed by atoms with Crippen LogP contribution in [-0.4, -0.2) is 41.2 Å². The maximum Gasteiger partial charge on any atom is 0.389 e. The Bertz CT molecular complexity index is 759. The molecule has 2 heterocycles. The van der Waals surface area contributed by atoms with Gasteiger partial charge in [0.1, 0.15) is 12.4 Å². The maximum atomic E-state index is 11.6. The Morgan fingerprint density at radius 3 is 2.15 bits per heavy atom. The molecule has 14 nitrogen and oxygen atoms in total. The summed E-state index contributed by atoms with van der Waals surface area (Å²) in [7, 11) is 0. The molecule has 26 heavy (non-hydrogen) atoms. The number of aromatic nitrogens is 4. The van der Waals surface area contributed by atoms with E-state index in [1.165, 1.54) is 27.8 Å². The van der Waals surface area contributed by atoms with Crippen molar-refractivity contribution in [2.45, 2.75) is 25.9 Å². The number of hydrogen-bond donors (Lipinski definition) is 2. The summed E-state index contributed by atoms with van der Waals surface area (Å²) in [4.78, 5) is 43.0. The molecule has 0 aromatic carbocycles. The van der Waals surface area contributed by atoms with Crippen LogP contribution in [0.3, 0.4) is 0 Å². The topological polar surface area (TPSA) is 180 Å². The van der Waals surface area contributed by atoms with Gasteiger partial charge in [0, 0.05) is 12.8 Å². The van der Waals surface area contributed by atoms with Gasteiger partial charge in [-0.2, -0.15) is 9.78 Å². The summed E-state index contributed by atoms with van der Waals surface area (Å²) in [5, 5.41) is 28.4. The summed E-state index contributed by atoms with van der Waals surface area (Å²) in [5.41, 5.74) is 4.20. The SMILES string of the molecule is O=C(CCn1cc([N+](=O)[O-])cn1)NNC(=O)CCn1ccc([N+](=O)[O-])n1. The predicted molar refractivity (Wildman–Crippen MR) is 83.3 cm³/mol. The Morgan fingerprint density at radius 1 is 1.04 bits per heavy atom. The summed E-state index contributed by atoms with van der Waals surface area (Å²) in [6.45, 7) is 0.207. The summed E-state index contributed by atoms with van der Waals surface area (Å²) in [5.74, 6) is -1.34. The molecule has 0 radical (unpaired) electrons. The normalized spacial score (nSPS) is 10.3. The zero-order valence-corrected chi connectivity index (χ0v) is 13.3. The van der Waals surface area contributed by atoms with Crippen molar-refractivity contribution >= 4 is 23.3 Å². The number of hydrazine groups is 1. The molecule has 0 unspecified atom stereocenters. The van der Waals surface area contributed by atoms with E-state index in [9.17, 15) is 29.8 Å². The second-order valence-corrected chi connectivity index (χ2v) is 5.01. The molecule has 2 amide bonds. The third-order valence-electron chi connectivity index (χ3n) is 3.12. The number of rotatable bonds is 8. The molecular formula is C12H14N8O6. The number of carbonyl (C=O) groups is 2. The van der Waals surface area contributed by atoms with E-state index in [1.54, 1.807) is 0 Å². The molecule has 0 saturated carbocycles. The van der Waals surface area contributed by atoms with Crippen LogP contribution in [0.4, 0.5) is 11.5 Å². The molecule has 0 saturated heterocycles. The zero-order valence-electron chi connectivity index (χ0n) is 13.3. The molecule has 0 fully saturated rings. The van der Waals surface area contributed by atoms with E-state index >= 15 is 0 Å². The molecular weight excluding hydrogens is 352 g/mol. The molecule has 0 aliphatic rings. The number of nitrogens with one attached hydrogen (secondary N) is 2.